The van der Waals surface area contributed by atoms with Crippen LogP contribution in [0.2, 0.25) is 0 Å². The summed E-state index contributed by atoms with van der Waals surface area (Å²) in [6, 6.07) is 15.1. The molecule has 140 valence electrons. The van der Waals surface area contributed by atoms with Gasteiger partial charge in [0.2, 0.25) is 0 Å². The van der Waals surface area contributed by atoms with Gasteiger partial charge in [-0.05, 0) is 18.2 Å². The van der Waals surface area contributed by atoms with Gasteiger partial charge in [-0.25, -0.2) is 4.98 Å². The highest BCUT2D eigenvalue weighted by Gasteiger charge is 2.22. The number of anilines is 1. The summed E-state index contributed by atoms with van der Waals surface area (Å²) in [6.45, 7) is 0. The third-order valence-corrected chi connectivity index (χ3v) is 4.23. The minimum absolute atomic E-state index is 0.0296. The molecule has 1 aromatic heterocycles. The molecular formula is C20H16N4O4. The maximum atomic E-state index is 11.4. The van der Waals surface area contributed by atoms with Crippen LogP contribution in [0, 0.1) is 21.4 Å². The molecule has 2 N–H and O–H groups in total. The van der Waals surface area contributed by atoms with Crippen molar-refractivity contribution in [2.75, 3.05) is 20.0 Å². The second kappa shape index (κ2) is 7.63. The molecule has 0 bridgehead atoms. The molecule has 3 rings (SSSR count). The van der Waals surface area contributed by atoms with Gasteiger partial charge < -0.3 is 15.2 Å². The fourth-order valence-corrected chi connectivity index (χ4v) is 2.98. The lowest BCUT2D eigenvalue weighted by molar-refractivity contribution is -0.384. The number of nitrogens with two attached hydrogens (primary N) is 1. The summed E-state index contributed by atoms with van der Waals surface area (Å²) in [5.41, 5.74) is 7.64. The van der Waals surface area contributed by atoms with Crippen LogP contribution >= 0.6 is 0 Å². The molecule has 0 atom stereocenters. The summed E-state index contributed by atoms with van der Waals surface area (Å²) in [4.78, 5) is 15.1. The van der Waals surface area contributed by atoms with Crippen molar-refractivity contribution < 1.29 is 14.4 Å². The molecule has 0 amide bonds. The van der Waals surface area contributed by atoms with Gasteiger partial charge in [-0.1, -0.05) is 24.3 Å². The minimum atomic E-state index is -0.489. The van der Waals surface area contributed by atoms with Crippen LogP contribution in [0.1, 0.15) is 5.56 Å². The number of nitro groups is 1. The molecule has 0 saturated carbocycles. The molecule has 1 heterocycles. The van der Waals surface area contributed by atoms with Gasteiger partial charge in [0.25, 0.3) is 5.69 Å². The zero-order valence-electron chi connectivity index (χ0n) is 15.2. The van der Waals surface area contributed by atoms with Gasteiger partial charge in [-0.3, -0.25) is 10.1 Å². The van der Waals surface area contributed by atoms with Gasteiger partial charge in [0.05, 0.1) is 30.4 Å². The molecule has 0 aliphatic rings. The van der Waals surface area contributed by atoms with Crippen LogP contribution in [0.25, 0.3) is 22.4 Å². The lowest BCUT2D eigenvalue weighted by Crippen LogP contribution is -2.02. The molecule has 0 fully saturated rings. The van der Waals surface area contributed by atoms with E-state index in [-0.39, 0.29) is 22.8 Å². The van der Waals surface area contributed by atoms with E-state index in [0.717, 1.165) is 0 Å². The molecule has 0 aliphatic heterocycles. The maximum absolute atomic E-state index is 11.4. The van der Waals surface area contributed by atoms with Crippen molar-refractivity contribution >= 4 is 11.5 Å². The van der Waals surface area contributed by atoms with Crippen LogP contribution in [-0.4, -0.2) is 24.1 Å². The number of para-hydroxylation sites is 2. The van der Waals surface area contributed by atoms with E-state index in [2.05, 4.69) is 4.98 Å². The largest absolute Gasteiger partial charge is 0.493 e. The SMILES string of the molecule is COc1cccc(-c2cc(-c3ccccc3[N+](=O)[O-])nc(N)c2C#N)c1OC. The number of nitriles is 1. The Kier molecular flexibility index (Phi) is 5.09. The summed E-state index contributed by atoms with van der Waals surface area (Å²) >= 11 is 0. The van der Waals surface area contributed by atoms with E-state index in [1.165, 1.54) is 20.3 Å². The third kappa shape index (κ3) is 3.17. The van der Waals surface area contributed by atoms with E-state index in [4.69, 9.17) is 15.2 Å². The van der Waals surface area contributed by atoms with Crippen molar-refractivity contribution in [1.82, 2.24) is 4.98 Å². The number of aromatic nitrogens is 1. The highest BCUT2D eigenvalue weighted by molar-refractivity contribution is 5.85. The number of nitrogens with zero attached hydrogens (tertiary/aromatic N) is 3. The average molecular weight is 376 g/mol. The smallest absolute Gasteiger partial charge is 0.278 e. The number of nitrogen functional groups attached to an aromatic ring is 1. The Morgan fingerprint density at radius 2 is 1.79 bits per heavy atom. The Morgan fingerprint density at radius 3 is 2.43 bits per heavy atom. The summed E-state index contributed by atoms with van der Waals surface area (Å²) in [5, 5.41) is 21.0. The van der Waals surface area contributed by atoms with E-state index in [1.807, 2.05) is 6.07 Å². The standard InChI is InChI=1S/C20H16N4O4/c1-27-18-9-5-7-12(19(18)28-2)14-10-16(23-20(22)15(14)11-21)13-6-3-4-8-17(13)24(25)26/h3-10H,1-2H3,(H2,22,23). The predicted octanol–water partition coefficient (Wildman–Crippen LogP) is 3.79. The highest BCUT2D eigenvalue weighted by Crippen LogP contribution is 2.42. The van der Waals surface area contributed by atoms with Gasteiger partial charge >= 0.3 is 0 Å². The second-order valence-corrected chi connectivity index (χ2v) is 5.74. The summed E-state index contributed by atoms with van der Waals surface area (Å²) in [6.07, 6.45) is 0. The molecule has 0 radical (unpaired) electrons. The zero-order valence-corrected chi connectivity index (χ0v) is 15.2. The molecular weight excluding hydrogens is 360 g/mol. The van der Waals surface area contributed by atoms with Crippen molar-refractivity contribution in [1.29, 1.82) is 5.26 Å². The van der Waals surface area contributed by atoms with Crippen molar-refractivity contribution in [2.24, 2.45) is 0 Å². The number of ether oxygens (including phenoxy) is 2. The highest BCUT2D eigenvalue weighted by atomic mass is 16.6. The molecule has 0 spiro atoms. The molecule has 0 unspecified atom stereocenters. The topological polar surface area (TPSA) is 124 Å². The number of benzene rings is 2. The van der Waals surface area contributed by atoms with Gasteiger partial charge in [-0.2, -0.15) is 5.26 Å². The first-order chi connectivity index (χ1) is 13.5. The first kappa shape index (κ1) is 18.7. The molecule has 0 saturated heterocycles. The van der Waals surface area contributed by atoms with Crippen LogP contribution in [0.3, 0.4) is 0 Å². The lowest BCUT2D eigenvalue weighted by Gasteiger charge is -2.15. The van der Waals surface area contributed by atoms with Crippen LogP contribution < -0.4 is 15.2 Å². The Labute approximate surface area is 160 Å². The Bertz CT molecular complexity index is 1110. The molecule has 28 heavy (non-hydrogen) atoms. The van der Waals surface area contributed by atoms with Crippen molar-refractivity contribution in [3.63, 3.8) is 0 Å². The monoisotopic (exact) mass is 376 g/mol. The number of hydrogen-bond donors (Lipinski definition) is 1. The van der Waals surface area contributed by atoms with E-state index < -0.39 is 4.92 Å². The van der Waals surface area contributed by atoms with Crippen LogP contribution in [0.4, 0.5) is 11.5 Å². The number of rotatable bonds is 5. The zero-order chi connectivity index (χ0) is 20.3. The minimum Gasteiger partial charge on any atom is -0.493 e. The van der Waals surface area contributed by atoms with Gasteiger partial charge in [0.15, 0.2) is 11.5 Å². The van der Waals surface area contributed by atoms with Gasteiger partial charge in [-0.15, -0.1) is 0 Å². The molecule has 8 nitrogen and oxygen atoms in total. The fraction of sp³-hybridized carbons (Fsp3) is 0.100. The number of hydrogen-bond acceptors (Lipinski definition) is 7. The molecule has 0 aliphatic carbocycles. The first-order valence-electron chi connectivity index (χ1n) is 8.17. The second-order valence-electron chi connectivity index (χ2n) is 5.74. The predicted molar refractivity (Wildman–Crippen MR) is 104 cm³/mol. The van der Waals surface area contributed by atoms with Crippen LogP contribution in [0.15, 0.2) is 48.5 Å². The number of nitro benzene ring substituents is 1. The summed E-state index contributed by atoms with van der Waals surface area (Å²) in [7, 11) is 2.99. The van der Waals surface area contributed by atoms with E-state index in [1.54, 1.807) is 42.5 Å². The van der Waals surface area contributed by atoms with E-state index >= 15 is 0 Å². The summed E-state index contributed by atoms with van der Waals surface area (Å²) < 4.78 is 10.8. The Hall–Kier alpha value is -4.12. The first-order valence-corrected chi connectivity index (χ1v) is 8.17. The normalized spacial score (nSPS) is 10.2. The van der Waals surface area contributed by atoms with E-state index in [9.17, 15) is 15.4 Å². The van der Waals surface area contributed by atoms with Gasteiger partial charge in [0.1, 0.15) is 17.5 Å². The molecule has 8 heteroatoms. The van der Waals surface area contributed by atoms with Crippen molar-refractivity contribution in [3.8, 4) is 40.0 Å². The molecule has 3 aromatic rings. The van der Waals surface area contributed by atoms with E-state index in [0.29, 0.717) is 28.2 Å². The number of methoxy groups -OCH3 is 2. The Balaban J connectivity index is 2.34. The fourth-order valence-electron chi connectivity index (χ4n) is 2.98. The Morgan fingerprint density at radius 1 is 1.07 bits per heavy atom. The third-order valence-electron chi connectivity index (χ3n) is 4.23. The molecule has 2 aromatic carbocycles. The summed E-state index contributed by atoms with van der Waals surface area (Å²) in [5.74, 6) is 0.866. The van der Waals surface area contributed by atoms with Crippen LogP contribution in [-0.2, 0) is 0 Å². The van der Waals surface area contributed by atoms with Crippen LogP contribution in [0.5, 0.6) is 11.5 Å². The lowest BCUT2D eigenvalue weighted by atomic mass is 9.97. The van der Waals surface area contributed by atoms with Crippen molar-refractivity contribution in [2.45, 2.75) is 0 Å². The van der Waals surface area contributed by atoms with Gasteiger partial charge in [0, 0.05) is 17.2 Å². The maximum Gasteiger partial charge on any atom is 0.278 e. The number of pyridine rings is 1. The van der Waals surface area contributed by atoms with Crippen molar-refractivity contribution in [3.05, 3.63) is 64.2 Å². The quantitative estimate of drug-likeness (QED) is 0.530. The average Bonchev–Trinajstić information content (AvgIpc) is 2.72.